The highest BCUT2D eigenvalue weighted by molar-refractivity contribution is 6.17. The molecule has 0 fully saturated rings. The monoisotopic (exact) mass is 325 g/mol. The fourth-order valence-corrected chi connectivity index (χ4v) is 1.72. The SMILES string of the molecule is CCOc1ccc(NC(=O)COCC(F)(F)F)cc1CCl. The average Bonchev–Trinajstić information content (AvgIpc) is 2.39. The summed E-state index contributed by atoms with van der Waals surface area (Å²) in [5, 5.41) is 2.43. The van der Waals surface area contributed by atoms with Crippen molar-refractivity contribution in [3.63, 3.8) is 0 Å². The third-order valence-electron chi connectivity index (χ3n) is 2.29. The molecule has 0 heterocycles. The number of carbonyl (C=O) groups excluding carboxylic acids is 1. The molecule has 0 saturated heterocycles. The molecule has 1 rings (SSSR count). The molecule has 0 radical (unpaired) electrons. The summed E-state index contributed by atoms with van der Waals surface area (Å²) in [6, 6.07) is 4.80. The molecule has 0 saturated carbocycles. The van der Waals surface area contributed by atoms with Crippen molar-refractivity contribution in [3.05, 3.63) is 23.8 Å². The third kappa shape index (κ3) is 6.68. The normalized spacial score (nSPS) is 11.3. The molecule has 0 aliphatic heterocycles. The Hall–Kier alpha value is -1.47. The van der Waals surface area contributed by atoms with E-state index in [0.717, 1.165) is 0 Å². The van der Waals surface area contributed by atoms with Crippen molar-refractivity contribution in [2.75, 3.05) is 25.1 Å². The minimum Gasteiger partial charge on any atom is -0.494 e. The van der Waals surface area contributed by atoms with Crippen LogP contribution in [0.5, 0.6) is 5.75 Å². The molecule has 21 heavy (non-hydrogen) atoms. The van der Waals surface area contributed by atoms with Gasteiger partial charge in [0.05, 0.1) is 12.5 Å². The van der Waals surface area contributed by atoms with Crippen LogP contribution in [-0.4, -0.2) is 31.9 Å². The Kier molecular flexibility index (Phi) is 6.77. The smallest absolute Gasteiger partial charge is 0.411 e. The van der Waals surface area contributed by atoms with Crippen LogP contribution in [-0.2, 0) is 15.4 Å². The summed E-state index contributed by atoms with van der Waals surface area (Å²) in [5.74, 6) is 0.103. The summed E-state index contributed by atoms with van der Waals surface area (Å²) in [6.07, 6.45) is -4.45. The second-order valence-electron chi connectivity index (χ2n) is 4.05. The third-order valence-corrected chi connectivity index (χ3v) is 2.57. The lowest BCUT2D eigenvalue weighted by molar-refractivity contribution is -0.174. The molecule has 118 valence electrons. The van der Waals surface area contributed by atoms with Crippen LogP contribution >= 0.6 is 11.6 Å². The van der Waals surface area contributed by atoms with E-state index in [1.165, 1.54) is 0 Å². The van der Waals surface area contributed by atoms with Crippen LogP contribution < -0.4 is 10.1 Å². The lowest BCUT2D eigenvalue weighted by atomic mass is 10.2. The highest BCUT2D eigenvalue weighted by atomic mass is 35.5. The Bertz CT molecular complexity index is 480. The van der Waals surface area contributed by atoms with Gasteiger partial charge in [-0.25, -0.2) is 0 Å². The molecule has 0 aliphatic rings. The van der Waals surface area contributed by atoms with Gasteiger partial charge >= 0.3 is 6.18 Å². The first kappa shape index (κ1) is 17.6. The van der Waals surface area contributed by atoms with E-state index in [-0.39, 0.29) is 5.88 Å². The fraction of sp³-hybridized carbons (Fsp3) is 0.462. The molecule has 1 aromatic rings. The van der Waals surface area contributed by atoms with E-state index in [9.17, 15) is 18.0 Å². The minimum absolute atomic E-state index is 0.184. The van der Waals surface area contributed by atoms with Crippen LogP contribution in [0.4, 0.5) is 18.9 Å². The molecule has 0 spiro atoms. The van der Waals surface area contributed by atoms with E-state index in [4.69, 9.17) is 16.3 Å². The first-order valence-electron chi connectivity index (χ1n) is 6.11. The molecule has 0 atom stereocenters. The van der Waals surface area contributed by atoms with Crippen molar-refractivity contribution >= 4 is 23.2 Å². The molecule has 8 heteroatoms. The van der Waals surface area contributed by atoms with Gasteiger partial charge in [0.1, 0.15) is 19.0 Å². The van der Waals surface area contributed by atoms with Crippen LogP contribution in [0.15, 0.2) is 18.2 Å². The predicted octanol–water partition coefficient (Wildman–Crippen LogP) is 3.34. The summed E-state index contributed by atoms with van der Waals surface area (Å²) < 4.78 is 45.2. The maximum absolute atomic E-state index is 11.9. The molecule has 0 aliphatic carbocycles. The first-order chi connectivity index (χ1) is 9.85. The molecular formula is C13H15ClF3NO3. The zero-order chi connectivity index (χ0) is 15.9. The molecule has 1 N–H and O–H groups in total. The summed E-state index contributed by atoms with van der Waals surface area (Å²) in [4.78, 5) is 11.4. The van der Waals surface area contributed by atoms with Crippen molar-refractivity contribution < 1.29 is 27.4 Å². The number of ether oxygens (including phenoxy) is 2. The Morgan fingerprint density at radius 3 is 2.67 bits per heavy atom. The van der Waals surface area contributed by atoms with E-state index in [2.05, 4.69) is 10.1 Å². The van der Waals surface area contributed by atoms with Crippen LogP contribution in [0, 0.1) is 0 Å². The van der Waals surface area contributed by atoms with Gasteiger partial charge in [0.15, 0.2) is 0 Å². The fourth-order valence-electron chi connectivity index (χ4n) is 1.51. The van der Waals surface area contributed by atoms with E-state index in [1.807, 2.05) is 6.92 Å². The number of benzene rings is 1. The zero-order valence-electron chi connectivity index (χ0n) is 11.3. The largest absolute Gasteiger partial charge is 0.494 e. The van der Waals surface area contributed by atoms with Crippen LogP contribution in [0.25, 0.3) is 0 Å². The number of nitrogens with one attached hydrogen (secondary N) is 1. The lowest BCUT2D eigenvalue weighted by Gasteiger charge is -2.12. The number of carbonyl (C=O) groups is 1. The molecule has 0 bridgehead atoms. The van der Waals surface area contributed by atoms with Crippen LogP contribution in [0.3, 0.4) is 0 Å². The number of hydrogen-bond donors (Lipinski definition) is 1. The number of anilines is 1. The van der Waals surface area contributed by atoms with E-state index in [0.29, 0.717) is 23.6 Å². The summed E-state index contributed by atoms with van der Waals surface area (Å²) in [5.41, 5.74) is 1.09. The maximum Gasteiger partial charge on any atom is 0.411 e. The lowest BCUT2D eigenvalue weighted by Crippen LogP contribution is -2.24. The second-order valence-corrected chi connectivity index (χ2v) is 4.31. The second kappa shape index (κ2) is 8.09. The predicted molar refractivity (Wildman–Crippen MR) is 72.7 cm³/mol. The molecular weight excluding hydrogens is 311 g/mol. The van der Waals surface area contributed by atoms with Crippen molar-refractivity contribution in [1.29, 1.82) is 0 Å². The van der Waals surface area contributed by atoms with Gasteiger partial charge in [-0.2, -0.15) is 13.2 Å². The van der Waals surface area contributed by atoms with Crippen molar-refractivity contribution in [3.8, 4) is 5.75 Å². The van der Waals surface area contributed by atoms with Crippen molar-refractivity contribution in [2.24, 2.45) is 0 Å². The van der Waals surface area contributed by atoms with E-state index < -0.39 is 25.3 Å². The summed E-state index contributed by atoms with van der Waals surface area (Å²) in [7, 11) is 0. The van der Waals surface area contributed by atoms with Gasteiger partial charge < -0.3 is 14.8 Å². The van der Waals surface area contributed by atoms with Crippen molar-refractivity contribution in [2.45, 2.75) is 19.0 Å². The summed E-state index contributed by atoms with van der Waals surface area (Å²) >= 11 is 5.77. The average molecular weight is 326 g/mol. The Labute approximate surface area is 125 Å². The number of alkyl halides is 4. The zero-order valence-corrected chi connectivity index (χ0v) is 12.1. The highest BCUT2D eigenvalue weighted by Crippen LogP contribution is 2.24. The number of amides is 1. The van der Waals surface area contributed by atoms with Crippen LogP contribution in [0.1, 0.15) is 12.5 Å². The van der Waals surface area contributed by atoms with Gasteiger partial charge in [0.2, 0.25) is 5.91 Å². The molecule has 0 aromatic heterocycles. The quantitative estimate of drug-likeness (QED) is 0.782. The topological polar surface area (TPSA) is 47.6 Å². The van der Waals surface area contributed by atoms with Gasteiger partial charge in [-0.3, -0.25) is 4.79 Å². The van der Waals surface area contributed by atoms with Gasteiger partial charge in [0.25, 0.3) is 0 Å². The number of halogens is 4. The Morgan fingerprint density at radius 2 is 2.10 bits per heavy atom. The maximum atomic E-state index is 11.9. The molecule has 1 amide bonds. The van der Waals surface area contributed by atoms with Gasteiger partial charge in [-0.05, 0) is 25.1 Å². The van der Waals surface area contributed by atoms with Crippen molar-refractivity contribution in [1.82, 2.24) is 0 Å². The van der Waals surface area contributed by atoms with Gasteiger partial charge in [-0.15, -0.1) is 11.6 Å². The summed E-state index contributed by atoms with van der Waals surface area (Å²) in [6.45, 7) is 0.159. The number of hydrogen-bond acceptors (Lipinski definition) is 3. The van der Waals surface area contributed by atoms with E-state index >= 15 is 0 Å². The Morgan fingerprint density at radius 1 is 1.38 bits per heavy atom. The van der Waals surface area contributed by atoms with Gasteiger partial charge in [0, 0.05) is 11.3 Å². The van der Waals surface area contributed by atoms with Gasteiger partial charge in [-0.1, -0.05) is 0 Å². The molecule has 4 nitrogen and oxygen atoms in total. The number of rotatable bonds is 7. The standard InChI is InChI=1S/C13H15ClF3NO3/c1-2-21-11-4-3-10(5-9(11)6-14)18-12(19)7-20-8-13(15,16)17/h3-5H,2,6-8H2,1H3,(H,18,19). The Balaban J connectivity index is 2.56. The van der Waals surface area contributed by atoms with E-state index in [1.54, 1.807) is 18.2 Å². The highest BCUT2D eigenvalue weighted by Gasteiger charge is 2.27. The minimum atomic E-state index is -4.45. The first-order valence-corrected chi connectivity index (χ1v) is 6.65. The van der Waals surface area contributed by atoms with Crippen LogP contribution in [0.2, 0.25) is 0 Å². The molecule has 1 aromatic carbocycles. The molecule has 0 unspecified atom stereocenters.